The number of carboxylic acid groups (broad SMARTS) is 1. The van der Waals surface area contributed by atoms with Crippen molar-refractivity contribution in [2.24, 2.45) is 0 Å². The van der Waals surface area contributed by atoms with Crippen LogP contribution in [0.2, 0.25) is 0 Å². The fourth-order valence-electron chi connectivity index (χ4n) is 1.47. The molecule has 0 aliphatic heterocycles. The van der Waals surface area contributed by atoms with Crippen LogP contribution in [-0.4, -0.2) is 23.4 Å². The summed E-state index contributed by atoms with van der Waals surface area (Å²) in [6.07, 6.45) is 0.390. The molecule has 2 N–H and O–H groups in total. The lowest BCUT2D eigenvalue weighted by Crippen LogP contribution is -2.04. The summed E-state index contributed by atoms with van der Waals surface area (Å²) in [4.78, 5) is 13.4. The van der Waals surface area contributed by atoms with Crippen LogP contribution in [0, 0.1) is 0 Å². The van der Waals surface area contributed by atoms with Crippen LogP contribution in [0.25, 0.3) is 10.9 Å². The molecule has 0 aliphatic rings. The number of ether oxygens (including phenoxy) is 2. The van der Waals surface area contributed by atoms with Gasteiger partial charge in [-0.1, -0.05) is 0 Å². The molecule has 1 aromatic carbocycles. The Hall–Kier alpha value is -2.17. The Morgan fingerprint density at radius 1 is 1.40 bits per heavy atom. The second-order valence-corrected chi connectivity index (χ2v) is 2.90. The maximum Gasteiger partial charge on any atom is 0.511 e. The summed E-state index contributed by atoms with van der Waals surface area (Å²) in [7, 11) is 1.47. The van der Waals surface area contributed by atoms with Crippen LogP contribution in [-0.2, 0) is 0 Å². The summed E-state index contributed by atoms with van der Waals surface area (Å²) in [5.41, 5.74) is 0.865. The number of carbonyl (C=O) groups is 1. The van der Waals surface area contributed by atoms with Crippen molar-refractivity contribution in [1.29, 1.82) is 0 Å². The number of rotatable bonds is 2. The first-order valence-corrected chi connectivity index (χ1v) is 4.27. The number of nitrogens with one attached hydrogen (secondary N) is 1. The van der Waals surface area contributed by atoms with Crippen LogP contribution in [0.3, 0.4) is 0 Å². The maximum absolute atomic E-state index is 10.4. The van der Waals surface area contributed by atoms with Gasteiger partial charge in [0.1, 0.15) is 0 Å². The molecule has 15 heavy (non-hydrogen) atoms. The van der Waals surface area contributed by atoms with E-state index in [0.717, 1.165) is 10.9 Å². The Kier molecular flexibility index (Phi) is 2.21. The number of hydrogen-bond acceptors (Lipinski definition) is 3. The fourth-order valence-corrected chi connectivity index (χ4v) is 1.47. The van der Waals surface area contributed by atoms with Crippen molar-refractivity contribution in [3.8, 4) is 11.5 Å². The lowest BCUT2D eigenvalue weighted by atomic mass is 10.2. The molecule has 0 fully saturated rings. The number of benzene rings is 1. The highest BCUT2D eigenvalue weighted by atomic mass is 16.7. The fraction of sp³-hybridized carbons (Fsp3) is 0.100. The molecule has 2 rings (SSSR count). The highest BCUT2D eigenvalue weighted by Crippen LogP contribution is 2.34. The van der Waals surface area contributed by atoms with Gasteiger partial charge in [0.2, 0.25) is 0 Å². The molecule has 2 aromatic rings. The van der Waals surface area contributed by atoms with Gasteiger partial charge in [0.25, 0.3) is 0 Å². The Morgan fingerprint density at radius 2 is 2.20 bits per heavy atom. The molecule has 0 saturated heterocycles. The lowest BCUT2D eigenvalue weighted by Gasteiger charge is -2.07. The van der Waals surface area contributed by atoms with Crippen LogP contribution in [0.4, 0.5) is 4.79 Å². The van der Waals surface area contributed by atoms with E-state index >= 15 is 0 Å². The Labute approximate surface area is 85.2 Å². The molecule has 78 valence electrons. The monoisotopic (exact) mass is 207 g/mol. The van der Waals surface area contributed by atoms with E-state index in [0.29, 0.717) is 5.75 Å². The van der Waals surface area contributed by atoms with Crippen molar-refractivity contribution in [1.82, 2.24) is 4.98 Å². The summed E-state index contributed by atoms with van der Waals surface area (Å²) in [5, 5.41) is 9.31. The van der Waals surface area contributed by atoms with Crippen molar-refractivity contribution in [3.05, 3.63) is 24.4 Å². The van der Waals surface area contributed by atoms with E-state index in [1.165, 1.54) is 7.11 Å². The van der Waals surface area contributed by atoms with Crippen molar-refractivity contribution < 1.29 is 19.4 Å². The second-order valence-electron chi connectivity index (χ2n) is 2.90. The topological polar surface area (TPSA) is 71.6 Å². The minimum Gasteiger partial charge on any atom is -0.492 e. The quantitative estimate of drug-likeness (QED) is 0.585. The summed E-state index contributed by atoms with van der Waals surface area (Å²) in [5.74, 6) is 0.605. The molecule has 0 amide bonds. The third-order valence-corrected chi connectivity index (χ3v) is 2.05. The standard InChI is InChI=1S/C10H9NO4/c1-14-9-6-4-5-11-7(6)2-3-8(9)15-10(12)13/h2-5,11H,1H3,(H,12,13). The minimum absolute atomic E-state index is 0.192. The van der Waals surface area contributed by atoms with Gasteiger partial charge in [-0.2, -0.15) is 0 Å². The van der Waals surface area contributed by atoms with Crippen LogP contribution in [0.15, 0.2) is 24.4 Å². The van der Waals surface area contributed by atoms with E-state index in [1.54, 1.807) is 24.4 Å². The predicted octanol–water partition coefficient (Wildman–Crippen LogP) is 2.23. The second kappa shape index (κ2) is 3.53. The summed E-state index contributed by atoms with van der Waals surface area (Å²) < 4.78 is 9.70. The average Bonchev–Trinajstić information content (AvgIpc) is 2.64. The molecule has 0 unspecified atom stereocenters. The zero-order valence-electron chi connectivity index (χ0n) is 7.98. The molecule has 0 atom stereocenters. The zero-order chi connectivity index (χ0) is 10.8. The minimum atomic E-state index is -1.36. The maximum atomic E-state index is 10.4. The summed E-state index contributed by atoms with van der Waals surface area (Å²) in [6, 6.07) is 5.07. The molecular weight excluding hydrogens is 198 g/mol. The largest absolute Gasteiger partial charge is 0.511 e. The van der Waals surface area contributed by atoms with Gasteiger partial charge in [0, 0.05) is 17.1 Å². The van der Waals surface area contributed by atoms with Gasteiger partial charge >= 0.3 is 6.16 Å². The van der Waals surface area contributed by atoms with Crippen molar-refractivity contribution >= 4 is 17.1 Å². The van der Waals surface area contributed by atoms with Gasteiger partial charge in [-0.05, 0) is 18.2 Å². The van der Waals surface area contributed by atoms with Crippen molar-refractivity contribution in [2.75, 3.05) is 7.11 Å². The Morgan fingerprint density at radius 3 is 2.87 bits per heavy atom. The van der Waals surface area contributed by atoms with Crippen LogP contribution in [0.5, 0.6) is 11.5 Å². The van der Waals surface area contributed by atoms with Crippen LogP contribution in [0.1, 0.15) is 0 Å². The first kappa shape index (κ1) is 9.39. The Balaban J connectivity index is 2.58. The number of aromatic nitrogens is 1. The SMILES string of the molecule is COc1c(OC(=O)O)ccc2[nH]ccc12. The van der Waals surface area contributed by atoms with Crippen molar-refractivity contribution in [3.63, 3.8) is 0 Å². The molecule has 0 radical (unpaired) electrons. The van der Waals surface area contributed by atoms with Gasteiger partial charge in [0.15, 0.2) is 11.5 Å². The number of fused-ring (bicyclic) bond motifs is 1. The number of H-pyrrole nitrogens is 1. The molecule has 0 spiro atoms. The zero-order valence-corrected chi connectivity index (χ0v) is 7.98. The van der Waals surface area contributed by atoms with E-state index < -0.39 is 6.16 Å². The molecule has 0 saturated carbocycles. The predicted molar refractivity (Wildman–Crippen MR) is 53.5 cm³/mol. The van der Waals surface area contributed by atoms with E-state index in [4.69, 9.17) is 9.84 Å². The van der Waals surface area contributed by atoms with Crippen LogP contribution >= 0.6 is 0 Å². The molecule has 5 heteroatoms. The first-order chi connectivity index (χ1) is 7.22. The molecule has 0 aliphatic carbocycles. The molecule has 0 bridgehead atoms. The third-order valence-electron chi connectivity index (χ3n) is 2.05. The molecule has 1 heterocycles. The van der Waals surface area contributed by atoms with E-state index in [2.05, 4.69) is 9.72 Å². The highest BCUT2D eigenvalue weighted by Gasteiger charge is 2.12. The van der Waals surface area contributed by atoms with E-state index in [1.807, 2.05) is 0 Å². The van der Waals surface area contributed by atoms with Gasteiger partial charge in [-0.3, -0.25) is 0 Å². The average molecular weight is 207 g/mol. The van der Waals surface area contributed by atoms with Gasteiger partial charge < -0.3 is 19.6 Å². The lowest BCUT2D eigenvalue weighted by molar-refractivity contribution is 0.143. The van der Waals surface area contributed by atoms with Crippen molar-refractivity contribution in [2.45, 2.75) is 0 Å². The molecule has 1 aromatic heterocycles. The normalized spacial score (nSPS) is 10.2. The summed E-state index contributed by atoms with van der Waals surface area (Å²) in [6.45, 7) is 0. The van der Waals surface area contributed by atoms with E-state index in [-0.39, 0.29) is 5.75 Å². The van der Waals surface area contributed by atoms with Gasteiger partial charge in [0.05, 0.1) is 7.11 Å². The molecule has 5 nitrogen and oxygen atoms in total. The number of aromatic amines is 1. The smallest absolute Gasteiger partial charge is 0.492 e. The number of hydrogen-bond donors (Lipinski definition) is 2. The van der Waals surface area contributed by atoms with Crippen LogP contribution < -0.4 is 9.47 Å². The molecular formula is C10H9NO4. The van der Waals surface area contributed by atoms with E-state index in [9.17, 15) is 4.79 Å². The highest BCUT2D eigenvalue weighted by molar-refractivity contribution is 5.89. The third kappa shape index (κ3) is 1.59. The number of methoxy groups -OCH3 is 1. The Bertz CT molecular complexity index is 503. The van der Waals surface area contributed by atoms with Gasteiger partial charge in [-0.25, -0.2) is 4.79 Å². The first-order valence-electron chi connectivity index (χ1n) is 4.27. The van der Waals surface area contributed by atoms with Gasteiger partial charge in [-0.15, -0.1) is 0 Å². The summed E-state index contributed by atoms with van der Waals surface area (Å²) >= 11 is 0.